The number of hydrogen-bond donors (Lipinski definition) is 2. The Morgan fingerprint density at radius 1 is 0.967 bits per heavy atom. The predicted molar refractivity (Wildman–Crippen MR) is 113 cm³/mol. The first-order chi connectivity index (χ1) is 14.6. The molecule has 3 rings (SSSR count). The Morgan fingerprint density at radius 3 is 2.37 bits per heavy atom. The number of nitrogens with zero attached hydrogens (tertiary/aromatic N) is 1. The molecule has 2 aromatic carbocycles. The summed E-state index contributed by atoms with van der Waals surface area (Å²) >= 11 is 0. The van der Waals surface area contributed by atoms with Crippen LogP contribution in [0.3, 0.4) is 0 Å². The number of nitrogens with one attached hydrogen (secondary N) is 2. The van der Waals surface area contributed by atoms with Crippen LogP contribution < -0.4 is 15.4 Å². The molecule has 30 heavy (non-hydrogen) atoms. The number of carbonyl (C=O) groups excluding carboxylic acids is 3. The molecule has 0 spiro atoms. The van der Waals surface area contributed by atoms with E-state index >= 15 is 0 Å². The molecule has 7 heteroatoms. The summed E-state index contributed by atoms with van der Waals surface area (Å²) in [6, 6.07) is 19.0. The fraction of sp³-hybridized carbons (Fsp3) is 0.348. The lowest BCUT2D eigenvalue weighted by molar-refractivity contribution is -0.129. The molecule has 7 nitrogen and oxygen atoms in total. The van der Waals surface area contributed by atoms with Crippen molar-refractivity contribution in [3.63, 3.8) is 0 Å². The zero-order valence-corrected chi connectivity index (χ0v) is 16.9. The Labute approximate surface area is 176 Å². The van der Waals surface area contributed by atoms with Crippen LogP contribution in [-0.2, 0) is 20.9 Å². The SMILES string of the molecule is O=C(CCOc1ccccc1)NCCNC(=O)C1CC(=O)N(Cc2ccccc2)C1. The molecule has 1 fully saturated rings. The third-order valence-electron chi connectivity index (χ3n) is 4.89. The van der Waals surface area contributed by atoms with Crippen molar-refractivity contribution in [2.75, 3.05) is 26.2 Å². The van der Waals surface area contributed by atoms with Crippen molar-refractivity contribution in [2.45, 2.75) is 19.4 Å². The van der Waals surface area contributed by atoms with Gasteiger partial charge in [0.25, 0.3) is 0 Å². The summed E-state index contributed by atoms with van der Waals surface area (Å²) in [7, 11) is 0. The molecule has 0 aromatic heterocycles. The van der Waals surface area contributed by atoms with Crippen molar-refractivity contribution in [3.8, 4) is 5.75 Å². The Balaban J connectivity index is 1.29. The van der Waals surface area contributed by atoms with Crippen LogP contribution in [0.4, 0.5) is 0 Å². The van der Waals surface area contributed by atoms with Crippen molar-refractivity contribution >= 4 is 17.7 Å². The number of benzene rings is 2. The lowest BCUT2D eigenvalue weighted by atomic mass is 10.1. The quantitative estimate of drug-likeness (QED) is 0.585. The molecule has 2 aromatic rings. The van der Waals surface area contributed by atoms with E-state index in [4.69, 9.17) is 4.74 Å². The van der Waals surface area contributed by atoms with Gasteiger partial charge in [-0.3, -0.25) is 14.4 Å². The maximum Gasteiger partial charge on any atom is 0.225 e. The van der Waals surface area contributed by atoms with E-state index in [0.717, 1.165) is 11.3 Å². The number of likely N-dealkylation sites (tertiary alicyclic amines) is 1. The van der Waals surface area contributed by atoms with E-state index in [0.29, 0.717) is 32.8 Å². The average Bonchev–Trinajstić information content (AvgIpc) is 3.13. The monoisotopic (exact) mass is 409 g/mol. The normalized spacial score (nSPS) is 15.7. The number of para-hydroxylation sites is 1. The van der Waals surface area contributed by atoms with Gasteiger partial charge in [0.1, 0.15) is 5.75 Å². The van der Waals surface area contributed by atoms with Crippen molar-refractivity contribution < 1.29 is 19.1 Å². The van der Waals surface area contributed by atoms with E-state index in [1.54, 1.807) is 4.90 Å². The molecule has 2 N–H and O–H groups in total. The molecule has 1 atom stereocenters. The lowest BCUT2D eigenvalue weighted by Crippen LogP contribution is -2.38. The van der Waals surface area contributed by atoms with Gasteiger partial charge in [0.2, 0.25) is 17.7 Å². The molecule has 158 valence electrons. The number of rotatable bonds is 10. The van der Waals surface area contributed by atoms with Gasteiger partial charge in [-0.25, -0.2) is 0 Å². The van der Waals surface area contributed by atoms with Crippen LogP contribution in [0.15, 0.2) is 60.7 Å². The summed E-state index contributed by atoms with van der Waals surface area (Å²) in [6.45, 7) is 1.90. The van der Waals surface area contributed by atoms with Gasteiger partial charge in [-0.15, -0.1) is 0 Å². The fourth-order valence-electron chi connectivity index (χ4n) is 3.30. The summed E-state index contributed by atoms with van der Waals surface area (Å²) in [5.41, 5.74) is 1.05. The van der Waals surface area contributed by atoms with Gasteiger partial charge < -0.3 is 20.3 Å². The Kier molecular flexibility index (Phi) is 7.83. The molecule has 3 amide bonds. The van der Waals surface area contributed by atoms with Gasteiger partial charge >= 0.3 is 0 Å². The smallest absolute Gasteiger partial charge is 0.225 e. The van der Waals surface area contributed by atoms with E-state index in [2.05, 4.69) is 10.6 Å². The summed E-state index contributed by atoms with van der Waals surface area (Å²) in [6.07, 6.45) is 0.469. The summed E-state index contributed by atoms with van der Waals surface area (Å²) in [5, 5.41) is 5.56. The first-order valence-electron chi connectivity index (χ1n) is 10.2. The molecule has 0 aliphatic carbocycles. The average molecular weight is 409 g/mol. The van der Waals surface area contributed by atoms with E-state index in [-0.39, 0.29) is 36.5 Å². The minimum Gasteiger partial charge on any atom is -0.493 e. The summed E-state index contributed by atoms with van der Waals surface area (Å²) in [5.74, 6) is 0.0812. The second kappa shape index (κ2) is 11.0. The molecule has 0 radical (unpaired) electrons. The number of amides is 3. The van der Waals surface area contributed by atoms with E-state index in [9.17, 15) is 14.4 Å². The highest BCUT2D eigenvalue weighted by Crippen LogP contribution is 2.20. The van der Waals surface area contributed by atoms with Gasteiger partial charge in [-0.05, 0) is 17.7 Å². The summed E-state index contributed by atoms with van der Waals surface area (Å²) in [4.78, 5) is 38.1. The zero-order valence-electron chi connectivity index (χ0n) is 16.9. The first kappa shape index (κ1) is 21.4. The molecule has 1 aliphatic rings. The molecule has 1 unspecified atom stereocenters. The van der Waals surface area contributed by atoms with Crippen molar-refractivity contribution in [1.29, 1.82) is 0 Å². The summed E-state index contributed by atoms with van der Waals surface area (Å²) < 4.78 is 5.48. The predicted octanol–water partition coefficient (Wildman–Crippen LogP) is 1.74. The minimum absolute atomic E-state index is 0.00859. The molecule has 1 saturated heterocycles. The molecular weight excluding hydrogens is 382 g/mol. The van der Waals surface area contributed by atoms with Crippen LogP contribution in [-0.4, -0.2) is 48.9 Å². The second-order valence-corrected chi connectivity index (χ2v) is 7.21. The topological polar surface area (TPSA) is 87.7 Å². The van der Waals surface area contributed by atoms with Gasteiger partial charge in [0, 0.05) is 32.6 Å². The van der Waals surface area contributed by atoms with Crippen molar-refractivity contribution in [2.24, 2.45) is 5.92 Å². The van der Waals surface area contributed by atoms with E-state index < -0.39 is 0 Å². The number of carbonyl (C=O) groups is 3. The highest BCUT2D eigenvalue weighted by atomic mass is 16.5. The molecule has 1 heterocycles. The van der Waals surface area contributed by atoms with Crippen LogP contribution in [0.2, 0.25) is 0 Å². The van der Waals surface area contributed by atoms with Gasteiger partial charge in [-0.2, -0.15) is 0 Å². The molecule has 0 bridgehead atoms. The third kappa shape index (κ3) is 6.62. The largest absolute Gasteiger partial charge is 0.493 e. The minimum atomic E-state index is -0.351. The van der Waals surface area contributed by atoms with Gasteiger partial charge in [-0.1, -0.05) is 48.5 Å². The van der Waals surface area contributed by atoms with Crippen LogP contribution in [0.1, 0.15) is 18.4 Å². The maximum absolute atomic E-state index is 12.3. The number of ether oxygens (including phenoxy) is 1. The van der Waals surface area contributed by atoms with Crippen molar-refractivity contribution in [1.82, 2.24) is 15.5 Å². The zero-order chi connectivity index (χ0) is 21.2. The highest BCUT2D eigenvalue weighted by molar-refractivity contribution is 5.89. The third-order valence-corrected chi connectivity index (χ3v) is 4.89. The lowest BCUT2D eigenvalue weighted by Gasteiger charge is -2.16. The van der Waals surface area contributed by atoms with Gasteiger partial charge in [0.15, 0.2) is 0 Å². The maximum atomic E-state index is 12.3. The van der Waals surface area contributed by atoms with Crippen LogP contribution in [0, 0.1) is 5.92 Å². The van der Waals surface area contributed by atoms with E-state index in [1.165, 1.54) is 0 Å². The fourth-order valence-corrected chi connectivity index (χ4v) is 3.30. The van der Waals surface area contributed by atoms with Crippen LogP contribution >= 0.6 is 0 Å². The van der Waals surface area contributed by atoms with Crippen molar-refractivity contribution in [3.05, 3.63) is 66.2 Å². The van der Waals surface area contributed by atoms with E-state index in [1.807, 2.05) is 60.7 Å². The van der Waals surface area contributed by atoms with Crippen LogP contribution in [0.5, 0.6) is 5.75 Å². The standard InChI is InChI=1S/C23H27N3O4/c27-21(11-14-30-20-9-5-2-6-10-20)24-12-13-25-23(29)19-15-22(28)26(17-19)16-18-7-3-1-4-8-18/h1-10,19H,11-17H2,(H,24,27)(H,25,29). The van der Waals surface area contributed by atoms with Gasteiger partial charge in [0.05, 0.1) is 18.9 Å². The first-order valence-corrected chi connectivity index (χ1v) is 10.2. The Bertz CT molecular complexity index is 842. The Hall–Kier alpha value is -3.35. The highest BCUT2D eigenvalue weighted by Gasteiger charge is 2.33. The second-order valence-electron chi connectivity index (χ2n) is 7.21. The molecular formula is C23H27N3O4. The Morgan fingerprint density at radius 2 is 1.63 bits per heavy atom. The molecule has 1 aliphatic heterocycles. The number of hydrogen-bond acceptors (Lipinski definition) is 4. The van der Waals surface area contributed by atoms with Crippen LogP contribution in [0.25, 0.3) is 0 Å². The molecule has 0 saturated carbocycles.